The van der Waals surface area contributed by atoms with Gasteiger partial charge < -0.3 is 9.64 Å². The van der Waals surface area contributed by atoms with Gasteiger partial charge in [0.15, 0.2) is 0 Å². The molecule has 0 aromatic carbocycles. The van der Waals surface area contributed by atoms with Crippen molar-refractivity contribution in [3.8, 4) is 0 Å². The molecule has 0 radical (unpaired) electrons. The van der Waals surface area contributed by atoms with Crippen molar-refractivity contribution in [2.24, 2.45) is 5.92 Å². The van der Waals surface area contributed by atoms with Crippen molar-refractivity contribution in [2.75, 3.05) is 6.61 Å². The highest BCUT2D eigenvalue weighted by Gasteiger charge is 2.47. The number of carbonyl (C=O) groups is 1. The molecule has 2 fully saturated rings. The Morgan fingerprint density at radius 3 is 2.85 bits per heavy atom. The molecule has 0 unspecified atom stereocenters. The van der Waals surface area contributed by atoms with Crippen molar-refractivity contribution in [1.29, 1.82) is 0 Å². The van der Waals surface area contributed by atoms with Gasteiger partial charge in [-0.3, -0.25) is 4.79 Å². The molecule has 2 heterocycles. The Hall–Kier alpha value is -0.570. The lowest BCUT2D eigenvalue weighted by molar-refractivity contribution is -0.153. The fourth-order valence-electron chi connectivity index (χ4n) is 2.34. The first kappa shape index (κ1) is 9.00. The molecule has 0 saturated carbocycles. The highest BCUT2D eigenvalue weighted by Crippen LogP contribution is 2.35. The lowest BCUT2D eigenvalue weighted by Crippen LogP contribution is -2.52. The van der Waals surface area contributed by atoms with Crippen LogP contribution in [0, 0.1) is 5.92 Å². The van der Waals surface area contributed by atoms with Crippen molar-refractivity contribution in [2.45, 2.75) is 45.4 Å². The number of nitrogens with zero attached hydrogens (tertiary/aromatic N) is 1. The van der Waals surface area contributed by atoms with Crippen LogP contribution in [-0.2, 0) is 9.53 Å². The van der Waals surface area contributed by atoms with E-state index in [0.29, 0.717) is 12.6 Å². The molecule has 1 amide bonds. The molecule has 3 heteroatoms. The van der Waals surface area contributed by atoms with Gasteiger partial charge in [-0.25, -0.2) is 0 Å². The quantitative estimate of drug-likeness (QED) is 0.568. The summed E-state index contributed by atoms with van der Waals surface area (Å²) in [6.07, 6.45) is 2.11. The predicted molar refractivity (Wildman–Crippen MR) is 49.1 cm³/mol. The van der Waals surface area contributed by atoms with E-state index in [0.717, 1.165) is 12.8 Å². The van der Waals surface area contributed by atoms with Crippen LogP contribution in [0.2, 0.25) is 0 Å². The summed E-state index contributed by atoms with van der Waals surface area (Å²) in [5.74, 6) is 0.441. The van der Waals surface area contributed by atoms with Gasteiger partial charge in [0, 0.05) is 5.92 Å². The predicted octanol–water partition coefficient (Wildman–Crippen LogP) is 1.38. The summed E-state index contributed by atoms with van der Waals surface area (Å²) in [6, 6.07) is 0.332. The Morgan fingerprint density at radius 1 is 1.46 bits per heavy atom. The third-order valence-electron chi connectivity index (χ3n) is 3.17. The molecule has 74 valence electrons. The number of rotatable bonds is 0. The third kappa shape index (κ3) is 1.26. The van der Waals surface area contributed by atoms with Crippen LogP contribution in [0.3, 0.4) is 0 Å². The van der Waals surface area contributed by atoms with E-state index in [4.69, 9.17) is 4.74 Å². The SMILES string of the molecule is C[C@H]1CC[C@@H]2COC(C)(C)N2C1=O. The van der Waals surface area contributed by atoms with Crippen molar-refractivity contribution in [3.63, 3.8) is 0 Å². The Labute approximate surface area is 79.0 Å². The maximum absolute atomic E-state index is 11.9. The first-order valence-electron chi connectivity index (χ1n) is 4.99. The van der Waals surface area contributed by atoms with E-state index < -0.39 is 0 Å². The standard InChI is InChI=1S/C10H17NO2/c1-7-4-5-8-6-13-10(2,3)11(8)9(7)12/h7-8H,4-6H2,1-3H3/t7-,8+/m0/s1. The summed E-state index contributed by atoms with van der Waals surface area (Å²) < 4.78 is 5.61. The highest BCUT2D eigenvalue weighted by atomic mass is 16.5. The van der Waals surface area contributed by atoms with Crippen molar-refractivity contribution >= 4 is 5.91 Å². The molecular formula is C10H17NO2. The van der Waals surface area contributed by atoms with Gasteiger partial charge in [0.1, 0.15) is 5.72 Å². The molecule has 0 aliphatic carbocycles. The third-order valence-corrected chi connectivity index (χ3v) is 3.17. The number of carbonyl (C=O) groups excluding carboxylic acids is 1. The van der Waals surface area contributed by atoms with Gasteiger partial charge in [-0.1, -0.05) is 6.92 Å². The second-order valence-corrected chi connectivity index (χ2v) is 4.60. The molecule has 2 saturated heterocycles. The molecule has 0 aromatic heterocycles. The lowest BCUT2D eigenvalue weighted by Gasteiger charge is -2.39. The summed E-state index contributed by atoms with van der Waals surface area (Å²) in [5.41, 5.74) is -0.379. The second-order valence-electron chi connectivity index (χ2n) is 4.60. The van der Waals surface area contributed by atoms with Crippen LogP contribution < -0.4 is 0 Å². The fourth-order valence-corrected chi connectivity index (χ4v) is 2.34. The average molecular weight is 183 g/mol. The molecule has 0 aromatic rings. The molecule has 2 rings (SSSR count). The molecule has 0 spiro atoms. The van der Waals surface area contributed by atoms with E-state index >= 15 is 0 Å². The van der Waals surface area contributed by atoms with E-state index in [-0.39, 0.29) is 17.6 Å². The first-order valence-corrected chi connectivity index (χ1v) is 4.99. The topological polar surface area (TPSA) is 29.5 Å². The Kier molecular flexibility index (Phi) is 1.88. The number of hydrogen-bond acceptors (Lipinski definition) is 2. The van der Waals surface area contributed by atoms with Gasteiger partial charge in [0.25, 0.3) is 0 Å². The van der Waals surface area contributed by atoms with Crippen molar-refractivity contribution < 1.29 is 9.53 Å². The van der Waals surface area contributed by atoms with E-state index in [1.54, 1.807) is 0 Å². The Balaban J connectivity index is 2.25. The van der Waals surface area contributed by atoms with Crippen LogP contribution >= 0.6 is 0 Å². The van der Waals surface area contributed by atoms with Gasteiger partial charge in [0.05, 0.1) is 12.6 Å². The minimum absolute atomic E-state index is 0.178. The number of hydrogen-bond donors (Lipinski definition) is 0. The summed E-state index contributed by atoms with van der Waals surface area (Å²) in [4.78, 5) is 13.8. The Bertz CT molecular complexity index is 237. The fraction of sp³-hybridized carbons (Fsp3) is 0.900. The summed E-state index contributed by atoms with van der Waals surface area (Å²) in [6.45, 7) is 6.67. The molecule has 13 heavy (non-hydrogen) atoms. The van der Waals surface area contributed by atoms with Crippen molar-refractivity contribution in [1.82, 2.24) is 4.90 Å². The molecule has 0 N–H and O–H groups in total. The van der Waals surface area contributed by atoms with Crippen LogP contribution in [0.4, 0.5) is 0 Å². The average Bonchev–Trinajstić information content (AvgIpc) is 2.35. The zero-order valence-electron chi connectivity index (χ0n) is 8.54. The zero-order valence-corrected chi connectivity index (χ0v) is 8.54. The van der Waals surface area contributed by atoms with E-state index in [2.05, 4.69) is 0 Å². The van der Waals surface area contributed by atoms with Gasteiger partial charge in [-0.15, -0.1) is 0 Å². The van der Waals surface area contributed by atoms with E-state index in [1.165, 1.54) is 0 Å². The molecule has 2 atom stereocenters. The highest BCUT2D eigenvalue weighted by molar-refractivity contribution is 5.80. The largest absolute Gasteiger partial charge is 0.354 e. The van der Waals surface area contributed by atoms with Gasteiger partial charge >= 0.3 is 0 Å². The lowest BCUT2D eigenvalue weighted by atomic mass is 9.93. The molecule has 3 nitrogen and oxygen atoms in total. The van der Waals surface area contributed by atoms with Crippen LogP contribution in [0.5, 0.6) is 0 Å². The van der Waals surface area contributed by atoms with E-state index in [1.807, 2.05) is 25.7 Å². The van der Waals surface area contributed by atoms with Crippen LogP contribution in [0.25, 0.3) is 0 Å². The molecule has 2 aliphatic rings. The van der Waals surface area contributed by atoms with Gasteiger partial charge in [-0.2, -0.15) is 0 Å². The minimum atomic E-state index is -0.379. The summed E-state index contributed by atoms with van der Waals surface area (Å²) >= 11 is 0. The van der Waals surface area contributed by atoms with Crippen molar-refractivity contribution in [3.05, 3.63) is 0 Å². The van der Waals surface area contributed by atoms with Crippen LogP contribution in [-0.4, -0.2) is 29.2 Å². The zero-order chi connectivity index (χ0) is 9.64. The number of piperidine rings is 1. The summed E-state index contributed by atoms with van der Waals surface area (Å²) in [5, 5.41) is 0. The number of amides is 1. The molecule has 0 bridgehead atoms. The minimum Gasteiger partial charge on any atom is -0.354 e. The summed E-state index contributed by atoms with van der Waals surface area (Å²) in [7, 11) is 0. The maximum Gasteiger partial charge on any atom is 0.227 e. The Morgan fingerprint density at radius 2 is 2.15 bits per heavy atom. The smallest absolute Gasteiger partial charge is 0.227 e. The van der Waals surface area contributed by atoms with Gasteiger partial charge in [0.2, 0.25) is 5.91 Å². The number of fused-ring (bicyclic) bond motifs is 1. The van der Waals surface area contributed by atoms with E-state index in [9.17, 15) is 4.79 Å². The monoisotopic (exact) mass is 183 g/mol. The molecule has 2 aliphatic heterocycles. The van der Waals surface area contributed by atoms with Crippen LogP contribution in [0.1, 0.15) is 33.6 Å². The van der Waals surface area contributed by atoms with Gasteiger partial charge in [-0.05, 0) is 26.7 Å². The first-order chi connectivity index (χ1) is 6.02. The van der Waals surface area contributed by atoms with Crippen LogP contribution in [0.15, 0.2) is 0 Å². The maximum atomic E-state index is 11.9. The normalized spacial score (nSPS) is 37.8. The molecular weight excluding hydrogens is 166 g/mol. The second kappa shape index (κ2) is 2.71. The number of ether oxygens (including phenoxy) is 1.